The van der Waals surface area contributed by atoms with Gasteiger partial charge in [-0.3, -0.25) is 29.0 Å². The van der Waals surface area contributed by atoms with Crippen LogP contribution in [0.25, 0.3) is 0 Å². The predicted molar refractivity (Wildman–Crippen MR) is 141 cm³/mol. The average molecular weight is 503 g/mol. The van der Waals surface area contributed by atoms with Crippen molar-refractivity contribution in [2.45, 2.75) is 0 Å². The van der Waals surface area contributed by atoms with Crippen LogP contribution in [0.15, 0.2) is 145 Å². The Morgan fingerprint density at radius 1 is 0.368 bits per heavy atom. The second kappa shape index (κ2) is 12.6. The molecule has 0 unspecified atom stereocenters. The molecule has 0 bridgehead atoms. The van der Waals surface area contributed by atoms with Gasteiger partial charge in [0.2, 0.25) is 0 Å². The molecule has 0 saturated heterocycles. The Bertz CT molecular complexity index is 1270. The summed E-state index contributed by atoms with van der Waals surface area (Å²) in [4.78, 5) is 62.7. The molecular formula is C32H22O6. The Morgan fingerprint density at radius 3 is 0.789 bits per heavy atom. The van der Waals surface area contributed by atoms with E-state index in [-0.39, 0.29) is 33.4 Å². The third kappa shape index (κ3) is 6.25. The van der Waals surface area contributed by atoms with E-state index in [1.807, 2.05) is 0 Å². The molecule has 6 heteroatoms. The van der Waals surface area contributed by atoms with Gasteiger partial charge in [-0.1, -0.05) is 121 Å². The summed E-state index contributed by atoms with van der Waals surface area (Å²) >= 11 is 0. The van der Waals surface area contributed by atoms with E-state index in [2.05, 4.69) is 0 Å². The lowest BCUT2D eigenvalue weighted by molar-refractivity contribution is -0.196. The van der Waals surface area contributed by atoms with Crippen molar-refractivity contribution < 1.29 is 29.0 Å². The quantitative estimate of drug-likeness (QED) is 0.0353. The van der Waals surface area contributed by atoms with Gasteiger partial charge in [-0.15, -0.1) is 0 Å². The van der Waals surface area contributed by atoms with Gasteiger partial charge in [0.1, 0.15) is 11.1 Å². The Kier molecular flexibility index (Phi) is 8.50. The van der Waals surface area contributed by atoms with Gasteiger partial charge >= 0.3 is 0 Å². The maximum Gasteiger partial charge on any atom is 0.200 e. The van der Waals surface area contributed by atoms with Crippen molar-refractivity contribution in [1.82, 2.24) is 0 Å². The molecule has 0 aliphatic heterocycles. The Morgan fingerprint density at radius 2 is 0.579 bits per heavy atom. The first kappa shape index (κ1) is 25.7. The molecule has 0 saturated carbocycles. The van der Waals surface area contributed by atoms with Crippen molar-refractivity contribution in [3.05, 3.63) is 167 Å². The van der Waals surface area contributed by atoms with Crippen LogP contribution < -0.4 is 0 Å². The summed E-state index contributed by atoms with van der Waals surface area (Å²) in [6.45, 7) is 0. The van der Waals surface area contributed by atoms with Crippen LogP contribution in [0.1, 0.15) is 41.4 Å². The van der Waals surface area contributed by atoms with E-state index in [4.69, 9.17) is 9.78 Å². The highest BCUT2D eigenvalue weighted by Gasteiger charge is 2.24. The highest BCUT2D eigenvalue weighted by atomic mass is 17.2. The number of rotatable bonds is 11. The van der Waals surface area contributed by atoms with E-state index in [9.17, 15) is 19.2 Å². The SMILES string of the molecule is O=C(C(=COOC=C(C(=O)c1ccccc1)C(=O)c1ccccc1)C(=O)c1ccccc1)c1ccccc1. The normalized spacial score (nSPS) is 10.0. The fourth-order valence-electron chi connectivity index (χ4n) is 3.55. The molecule has 0 radical (unpaired) electrons. The largest absolute Gasteiger partial charge is 0.298 e. The van der Waals surface area contributed by atoms with Gasteiger partial charge in [0.15, 0.2) is 35.7 Å². The second-order valence-electron chi connectivity index (χ2n) is 8.04. The first-order valence-corrected chi connectivity index (χ1v) is 11.7. The first-order valence-electron chi connectivity index (χ1n) is 11.7. The standard InChI is InChI=1S/C32H22O6/c33-29(23-13-5-1-6-14-23)27(30(34)24-15-7-2-8-16-24)21-37-38-22-28(31(35)25-17-9-3-10-18-25)32(36)26-19-11-4-12-20-26/h1-22H. The van der Waals surface area contributed by atoms with E-state index < -0.39 is 23.1 Å². The van der Waals surface area contributed by atoms with Crippen LogP contribution in [0, 0.1) is 0 Å². The minimum Gasteiger partial charge on any atom is -0.298 e. The van der Waals surface area contributed by atoms with Crippen LogP contribution in [0.5, 0.6) is 0 Å². The molecular weight excluding hydrogens is 480 g/mol. The van der Waals surface area contributed by atoms with Gasteiger partial charge < -0.3 is 0 Å². The summed E-state index contributed by atoms with van der Waals surface area (Å²) in [7, 11) is 0. The molecule has 38 heavy (non-hydrogen) atoms. The molecule has 0 aliphatic rings. The molecule has 0 atom stereocenters. The van der Waals surface area contributed by atoms with Crippen molar-refractivity contribution in [3.8, 4) is 0 Å². The van der Waals surface area contributed by atoms with Gasteiger partial charge in [0.05, 0.1) is 0 Å². The van der Waals surface area contributed by atoms with Crippen LogP contribution in [-0.2, 0) is 9.78 Å². The fourth-order valence-corrected chi connectivity index (χ4v) is 3.55. The number of allylic oxidation sites excluding steroid dienone is 2. The summed E-state index contributed by atoms with van der Waals surface area (Å²) in [6.07, 6.45) is 1.75. The lowest BCUT2D eigenvalue weighted by Crippen LogP contribution is -2.15. The molecule has 4 rings (SSSR count). The molecule has 0 aliphatic carbocycles. The molecule has 186 valence electrons. The lowest BCUT2D eigenvalue weighted by Gasteiger charge is -2.08. The van der Waals surface area contributed by atoms with Gasteiger partial charge in [-0.05, 0) is 0 Å². The van der Waals surface area contributed by atoms with Crippen LogP contribution in [0.3, 0.4) is 0 Å². The van der Waals surface area contributed by atoms with Gasteiger partial charge in [-0.25, -0.2) is 0 Å². The number of carbonyl (C=O) groups excluding carboxylic acids is 4. The first-order chi connectivity index (χ1) is 18.6. The predicted octanol–water partition coefficient (Wildman–Crippen LogP) is 6.23. The Labute approximate surface area is 219 Å². The van der Waals surface area contributed by atoms with Crippen LogP contribution in [0.2, 0.25) is 0 Å². The lowest BCUT2D eigenvalue weighted by atomic mass is 9.97. The second-order valence-corrected chi connectivity index (χ2v) is 8.04. The number of hydrogen-bond acceptors (Lipinski definition) is 6. The zero-order chi connectivity index (χ0) is 26.7. The number of ketones is 4. The monoisotopic (exact) mass is 502 g/mol. The minimum absolute atomic E-state index is 0.279. The highest BCUT2D eigenvalue weighted by Crippen LogP contribution is 2.17. The van der Waals surface area contributed by atoms with E-state index in [0.29, 0.717) is 0 Å². The number of benzene rings is 4. The van der Waals surface area contributed by atoms with Crippen molar-refractivity contribution >= 4 is 23.1 Å². The molecule has 6 nitrogen and oxygen atoms in total. The van der Waals surface area contributed by atoms with E-state index in [1.54, 1.807) is 121 Å². The Balaban J connectivity index is 1.63. The van der Waals surface area contributed by atoms with Gasteiger partial charge in [-0.2, -0.15) is 0 Å². The number of Topliss-reactive ketones (excluding diaryl/α,β-unsaturated/α-hetero) is 4. The van der Waals surface area contributed by atoms with Gasteiger partial charge in [0, 0.05) is 22.3 Å². The van der Waals surface area contributed by atoms with Crippen molar-refractivity contribution in [2.24, 2.45) is 0 Å². The molecule has 0 fully saturated rings. The molecule has 0 heterocycles. The summed E-state index contributed by atoms with van der Waals surface area (Å²) in [5.74, 6) is -2.30. The molecule has 0 spiro atoms. The molecule has 4 aromatic carbocycles. The van der Waals surface area contributed by atoms with Crippen molar-refractivity contribution in [2.75, 3.05) is 0 Å². The van der Waals surface area contributed by atoms with E-state index >= 15 is 0 Å². The Hall–Kier alpha value is -5.36. The fraction of sp³-hybridized carbons (Fsp3) is 0. The smallest absolute Gasteiger partial charge is 0.200 e. The molecule has 0 N–H and O–H groups in total. The van der Waals surface area contributed by atoms with Crippen LogP contribution >= 0.6 is 0 Å². The number of carbonyl (C=O) groups is 4. The maximum atomic E-state index is 13.1. The third-order valence-electron chi connectivity index (χ3n) is 5.51. The number of hydrogen-bond donors (Lipinski definition) is 0. The van der Waals surface area contributed by atoms with Gasteiger partial charge in [0.25, 0.3) is 0 Å². The molecule has 0 aromatic heterocycles. The zero-order valence-electron chi connectivity index (χ0n) is 20.2. The van der Waals surface area contributed by atoms with Crippen molar-refractivity contribution in [1.29, 1.82) is 0 Å². The highest BCUT2D eigenvalue weighted by molar-refractivity contribution is 6.31. The zero-order valence-corrected chi connectivity index (χ0v) is 20.2. The summed E-state index contributed by atoms with van der Waals surface area (Å²) in [5.41, 5.74) is 0.535. The maximum absolute atomic E-state index is 13.1. The summed E-state index contributed by atoms with van der Waals surface area (Å²) in [6, 6.07) is 33.0. The van der Waals surface area contributed by atoms with Crippen LogP contribution in [-0.4, -0.2) is 23.1 Å². The van der Waals surface area contributed by atoms with E-state index in [1.165, 1.54) is 0 Å². The topological polar surface area (TPSA) is 86.7 Å². The van der Waals surface area contributed by atoms with Crippen molar-refractivity contribution in [3.63, 3.8) is 0 Å². The summed E-state index contributed by atoms with van der Waals surface area (Å²) in [5, 5.41) is 0. The third-order valence-corrected chi connectivity index (χ3v) is 5.51. The minimum atomic E-state index is -0.576. The van der Waals surface area contributed by atoms with E-state index in [0.717, 1.165) is 12.5 Å². The average Bonchev–Trinajstić information content (AvgIpc) is 2.99. The summed E-state index contributed by atoms with van der Waals surface area (Å²) < 4.78 is 0. The molecule has 0 amide bonds. The molecule has 4 aromatic rings. The van der Waals surface area contributed by atoms with Crippen LogP contribution in [0.4, 0.5) is 0 Å².